The van der Waals surface area contributed by atoms with Crippen LogP contribution < -0.4 is 10.1 Å². The highest BCUT2D eigenvalue weighted by Gasteiger charge is 2.22. The van der Waals surface area contributed by atoms with Gasteiger partial charge in [-0.3, -0.25) is 9.69 Å². The van der Waals surface area contributed by atoms with Crippen molar-refractivity contribution in [1.29, 1.82) is 0 Å². The van der Waals surface area contributed by atoms with E-state index in [-0.39, 0.29) is 12.0 Å². The molecule has 0 aliphatic carbocycles. The number of hydrogen-bond acceptors (Lipinski definition) is 5. The molecule has 2 aliphatic rings. The molecule has 0 spiro atoms. The quantitative estimate of drug-likeness (QED) is 0.255. The minimum atomic E-state index is -0.0850. The van der Waals surface area contributed by atoms with Crippen LogP contribution in [0.2, 0.25) is 5.02 Å². The van der Waals surface area contributed by atoms with Crippen LogP contribution in [-0.2, 0) is 6.54 Å². The molecule has 1 N–H and O–H groups in total. The molecule has 1 amide bonds. The number of likely N-dealkylation sites (tertiary alicyclic amines) is 2. The van der Waals surface area contributed by atoms with Gasteiger partial charge in [-0.25, -0.2) is 0 Å². The number of rotatable bonds is 8. The Morgan fingerprint density at radius 1 is 0.875 bits per heavy atom. The van der Waals surface area contributed by atoms with Gasteiger partial charge in [-0.1, -0.05) is 48.7 Å². The molecule has 0 radical (unpaired) electrons. The van der Waals surface area contributed by atoms with Gasteiger partial charge in [0.2, 0.25) is 0 Å². The Morgan fingerprint density at radius 2 is 1.65 bits per heavy atom. The molecule has 2 fully saturated rings. The Kier molecular flexibility index (Phi) is 8.57. The average molecular weight is 560 g/mol. The van der Waals surface area contributed by atoms with Crippen molar-refractivity contribution in [3.63, 3.8) is 0 Å². The maximum absolute atomic E-state index is 12.7. The van der Waals surface area contributed by atoms with Crippen LogP contribution in [0.4, 0.5) is 0 Å². The molecule has 3 heterocycles. The molecule has 0 atom stereocenters. The van der Waals surface area contributed by atoms with E-state index in [0.29, 0.717) is 22.9 Å². The SMILES string of the molecule is O=C(NCCN1CCCCCC1)c1ccc(OC2CCN(Cc3ccc4oc5ccccc5c4c3)CC2)c(Cl)c1. The maximum Gasteiger partial charge on any atom is 0.251 e. The zero-order chi connectivity index (χ0) is 27.3. The van der Waals surface area contributed by atoms with Crippen molar-refractivity contribution in [2.75, 3.05) is 39.3 Å². The van der Waals surface area contributed by atoms with Crippen LogP contribution in [0.5, 0.6) is 5.75 Å². The molecule has 6 rings (SSSR count). The zero-order valence-corrected chi connectivity index (χ0v) is 23.8. The largest absolute Gasteiger partial charge is 0.489 e. The fourth-order valence-corrected chi connectivity index (χ4v) is 6.25. The van der Waals surface area contributed by atoms with Crippen molar-refractivity contribution in [2.24, 2.45) is 0 Å². The van der Waals surface area contributed by atoms with Gasteiger partial charge in [0, 0.05) is 49.1 Å². The highest BCUT2D eigenvalue weighted by atomic mass is 35.5. The van der Waals surface area contributed by atoms with Gasteiger partial charge in [0.25, 0.3) is 5.91 Å². The summed E-state index contributed by atoms with van der Waals surface area (Å²) in [4.78, 5) is 17.6. The van der Waals surface area contributed by atoms with E-state index < -0.39 is 0 Å². The third kappa shape index (κ3) is 6.46. The van der Waals surface area contributed by atoms with Gasteiger partial charge >= 0.3 is 0 Å². The molecule has 2 aliphatic heterocycles. The Bertz CT molecular complexity index is 1450. The van der Waals surface area contributed by atoms with E-state index >= 15 is 0 Å². The number of carbonyl (C=O) groups excluding carboxylic acids is 1. The normalized spacial score (nSPS) is 17.7. The Hall–Kier alpha value is -3.06. The van der Waals surface area contributed by atoms with Crippen LogP contribution in [0.1, 0.15) is 54.4 Å². The number of carbonyl (C=O) groups is 1. The zero-order valence-electron chi connectivity index (χ0n) is 23.0. The summed E-state index contributed by atoms with van der Waals surface area (Å²) in [5.41, 5.74) is 3.74. The maximum atomic E-state index is 12.7. The monoisotopic (exact) mass is 559 g/mol. The minimum absolute atomic E-state index is 0.0850. The summed E-state index contributed by atoms with van der Waals surface area (Å²) in [6.45, 7) is 6.64. The molecule has 0 saturated carbocycles. The van der Waals surface area contributed by atoms with Crippen molar-refractivity contribution in [3.05, 3.63) is 76.8 Å². The number of para-hydroxylation sites is 1. The first-order valence-electron chi connectivity index (χ1n) is 14.7. The molecular weight excluding hydrogens is 522 g/mol. The molecule has 6 nitrogen and oxygen atoms in total. The number of halogens is 1. The third-order valence-electron chi connectivity index (χ3n) is 8.28. The Balaban J connectivity index is 0.979. The third-order valence-corrected chi connectivity index (χ3v) is 8.58. The summed E-state index contributed by atoms with van der Waals surface area (Å²) in [6, 6.07) is 20.1. The number of hydrogen-bond donors (Lipinski definition) is 1. The van der Waals surface area contributed by atoms with Crippen LogP contribution in [0.25, 0.3) is 21.9 Å². The van der Waals surface area contributed by atoms with E-state index in [0.717, 1.165) is 63.3 Å². The predicted octanol–water partition coefficient (Wildman–Crippen LogP) is 6.89. The molecule has 0 bridgehead atoms. The molecule has 40 heavy (non-hydrogen) atoms. The van der Waals surface area contributed by atoms with Gasteiger partial charge in [-0.2, -0.15) is 0 Å². The van der Waals surface area contributed by atoms with Crippen LogP contribution in [0.3, 0.4) is 0 Å². The van der Waals surface area contributed by atoms with Crippen molar-refractivity contribution in [1.82, 2.24) is 15.1 Å². The summed E-state index contributed by atoms with van der Waals surface area (Å²) in [5, 5.41) is 5.88. The number of furan rings is 1. The number of nitrogens with one attached hydrogen (secondary N) is 1. The van der Waals surface area contributed by atoms with Crippen LogP contribution in [0.15, 0.2) is 65.1 Å². The number of piperidine rings is 1. The molecule has 4 aromatic rings. The Morgan fingerprint density at radius 3 is 2.45 bits per heavy atom. The van der Waals surface area contributed by atoms with Gasteiger partial charge < -0.3 is 19.4 Å². The summed E-state index contributed by atoms with van der Waals surface area (Å²) >= 11 is 6.55. The number of benzene rings is 3. The predicted molar refractivity (Wildman–Crippen MR) is 161 cm³/mol. The lowest BCUT2D eigenvalue weighted by atomic mass is 10.1. The van der Waals surface area contributed by atoms with E-state index in [1.54, 1.807) is 6.07 Å². The molecule has 7 heteroatoms. The van der Waals surface area contributed by atoms with Crippen LogP contribution >= 0.6 is 11.6 Å². The van der Waals surface area contributed by atoms with E-state index in [1.165, 1.54) is 42.0 Å². The lowest BCUT2D eigenvalue weighted by Crippen LogP contribution is -2.37. The van der Waals surface area contributed by atoms with E-state index in [2.05, 4.69) is 45.4 Å². The van der Waals surface area contributed by atoms with Crippen molar-refractivity contribution < 1.29 is 13.9 Å². The summed E-state index contributed by atoms with van der Waals surface area (Å²) in [7, 11) is 0. The van der Waals surface area contributed by atoms with Crippen molar-refractivity contribution >= 4 is 39.4 Å². The number of ether oxygens (including phenoxy) is 1. The Labute approximate surface area is 241 Å². The van der Waals surface area contributed by atoms with Gasteiger partial charge in [0.05, 0.1) is 5.02 Å². The summed E-state index contributed by atoms with van der Waals surface area (Å²) in [5.74, 6) is 0.566. The van der Waals surface area contributed by atoms with Gasteiger partial charge in [-0.15, -0.1) is 0 Å². The number of amides is 1. The fourth-order valence-electron chi connectivity index (χ4n) is 6.02. The standard InChI is InChI=1S/C33H38ClN3O3/c34-29-22-25(33(38)35-15-20-36-16-5-1-2-6-17-36)10-12-32(29)39-26-13-18-37(19-14-26)23-24-9-11-31-28(21-24)27-7-3-4-8-30(27)40-31/h3-4,7-12,21-22,26H,1-2,5-6,13-20,23H2,(H,35,38). The smallest absolute Gasteiger partial charge is 0.251 e. The minimum Gasteiger partial charge on any atom is -0.489 e. The highest BCUT2D eigenvalue weighted by molar-refractivity contribution is 6.32. The molecule has 1 aromatic heterocycles. The summed E-state index contributed by atoms with van der Waals surface area (Å²) < 4.78 is 12.3. The van der Waals surface area contributed by atoms with Crippen molar-refractivity contribution in [2.45, 2.75) is 51.2 Å². The molecule has 2 saturated heterocycles. The first-order chi connectivity index (χ1) is 19.6. The van der Waals surface area contributed by atoms with Gasteiger partial charge in [0.1, 0.15) is 23.0 Å². The number of nitrogens with zero attached hydrogens (tertiary/aromatic N) is 2. The van der Waals surface area contributed by atoms with Gasteiger partial charge in [-0.05, 0) is 80.7 Å². The van der Waals surface area contributed by atoms with E-state index in [9.17, 15) is 4.79 Å². The van der Waals surface area contributed by atoms with E-state index in [4.69, 9.17) is 20.8 Å². The first kappa shape index (κ1) is 27.1. The number of fused-ring (bicyclic) bond motifs is 3. The lowest BCUT2D eigenvalue weighted by molar-refractivity contribution is 0.0946. The second-order valence-corrected chi connectivity index (χ2v) is 11.6. The van der Waals surface area contributed by atoms with E-state index in [1.807, 2.05) is 24.3 Å². The molecule has 3 aromatic carbocycles. The first-order valence-corrected chi connectivity index (χ1v) is 15.1. The van der Waals surface area contributed by atoms with Crippen LogP contribution in [0, 0.1) is 0 Å². The van der Waals surface area contributed by atoms with Crippen molar-refractivity contribution in [3.8, 4) is 5.75 Å². The van der Waals surface area contributed by atoms with Gasteiger partial charge in [0.15, 0.2) is 0 Å². The second-order valence-electron chi connectivity index (χ2n) is 11.2. The molecule has 210 valence electrons. The average Bonchev–Trinajstić information content (AvgIpc) is 3.13. The second kappa shape index (κ2) is 12.6. The summed E-state index contributed by atoms with van der Waals surface area (Å²) in [6.07, 6.45) is 7.13. The lowest BCUT2D eigenvalue weighted by Gasteiger charge is -2.32. The fraction of sp³-hybridized carbons (Fsp3) is 0.424. The topological polar surface area (TPSA) is 58.0 Å². The molecular formula is C33H38ClN3O3. The highest BCUT2D eigenvalue weighted by Crippen LogP contribution is 2.31. The van der Waals surface area contributed by atoms with Crippen LogP contribution in [-0.4, -0.2) is 61.1 Å². The molecule has 0 unspecified atom stereocenters.